The summed E-state index contributed by atoms with van der Waals surface area (Å²) in [4.78, 5) is 68.1. The summed E-state index contributed by atoms with van der Waals surface area (Å²) in [6.45, 7) is 27.1. The van der Waals surface area contributed by atoms with Gasteiger partial charge in [0, 0.05) is 78.7 Å². The zero-order valence-corrected chi connectivity index (χ0v) is 60.7. The number of aromatic nitrogens is 15. The van der Waals surface area contributed by atoms with Crippen molar-refractivity contribution in [1.82, 2.24) is 88.8 Å². The van der Waals surface area contributed by atoms with Crippen LogP contribution in [-0.2, 0) is 9.47 Å². The number of ether oxygens (including phenoxy) is 2. The number of nitrogens with zero attached hydrogens (tertiary/aromatic N) is 17. The molecule has 3 aliphatic rings. The largest absolute Gasteiger partial charge is 0.444 e. The molecule has 0 aliphatic carbocycles. The predicted molar refractivity (Wildman–Crippen MR) is 386 cm³/mol. The summed E-state index contributed by atoms with van der Waals surface area (Å²) in [7, 11) is 0. The van der Waals surface area contributed by atoms with Crippen molar-refractivity contribution in [2.24, 2.45) is 0 Å². The van der Waals surface area contributed by atoms with E-state index in [4.69, 9.17) is 32.7 Å². The van der Waals surface area contributed by atoms with E-state index in [2.05, 4.69) is 65.5 Å². The minimum absolute atomic E-state index is 0. The third-order valence-corrected chi connectivity index (χ3v) is 17.9. The molecular formula is C73H80Cl3F3N18O4. The van der Waals surface area contributed by atoms with Crippen LogP contribution in [0.4, 0.5) is 22.8 Å². The molecule has 2 amide bonds. The first-order valence-corrected chi connectivity index (χ1v) is 34.2. The zero-order valence-electron chi connectivity index (χ0n) is 58.4. The first-order valence-electron chi connectivity index (χ1n) is 33.4. The van der Waals surface area contributed by atoms with Gasteiger partial charge in [-0.2, -0.15) is 15.3 Å². The highest BCUT2D eigenvalue weighted by molar-refractivity contribution is 6.31. The molecule has 12 aromatic rings. The van der Waals surface area contributed by atoms with Crippen molar-refractivity contribution in [2.75, 3.05) is 39.3 Å². The molecule has 3 aromatic carbocycles. The van der Waals surface area contributed by atoms with Gasteiger partial charge < -0.3 is 24.6 Å². The Bertz CT molecular complexity index is 5070. The number of hydrogen-bond donors (Lipinski definition) is 1. The fraction of sp³-hybridized carbons (Fsp3) is 0.397. The molecule has 0 unspecified atom stereocenters. The van der Waals surface area contributed by atoms with Crippen molar-refractivity contribution in [2.45, 2.75) is 151 Å². The van der Waals surface area contributed by atoms with Crippen LogP contribution in [-0.4, -0.2) is 146 Å². The lowest BCUT2D eigenvalue weighted by Crippen LogP contribution is -2.41. The molecular weight excluding hydrogens is 1360 g/mol. The van der Waals surface area contributed by atoms with E-state index in [9.17, 15) is 18.4 Å². The van der Waals surface area contributed by atoms with E-state index in [-0.39, 0.29) is 53.3 Å². The average molecular weight is 1440 g/mol. The average Bonchev–Trinajstić information content (AvgIpc) is 1.74. The van der Waals surface area contributed by atoms with Gasteiger partial charge in [0.05, 0.1) is 80.7 Å². The molecule has 0 atom stereocenters. The van der Waals surface area contributed by atoms with Gasteiger partial charge in [0.15, 0.2) is 34.4 Å². The van der Waals surface area contributed by atoms with Crippen LogP contribution in [0, 0.1) is 59.0 Å². The number of halogens is 6. The highest BCUT2D eigenvalue weighted by Gasteiger charge is 2.31. The van der Waals surface area contributed by atoms with Gasteiger partial charge >= 0.3 is 12.2 Å². The number of hydrogen-bond acceptors (Lipinski definition) is 17. The van der Waals surface area contributed by atoms with Crippen LogP contribution in [0.3, 0.4) is 0 Å². The molecule has 9 aromatic heterocycles. The summed E-state index contributed by atoms with van der Waals surface area (Å²) in [6, 6.07) is 15.1. The maximum Gasteiger partial charge on any atom is 0.410 e. The van der Waals surface area contributed by atoms with Crippen molar-refractivity contribution in [3.8, 4) is 22.5 Å². The Morgan fingerprint density at radius 3 is 1.20 bits per heavy atom. The van der Waals surface area contributed by atoms with Gasteiger partial charge in [-0.05, 0) is 206 Å². The zero-order chi connectivity index (χ0) is 71.1. The lowest BCUT2D eigenvalue weighted by atomic mass is 9.94. The maximum absolute atomic E-state index is 15.2. The number of likely N-dealkylation sites (tertiary alicyclic amines) is 2. The van der Waals surface area contributed by atoms with Crippen LogP contribution in [0.15, 0.2) is 91.8 Å². The first kappa shape index (κ1) is 72.9. The molecule has 0 saturated carbocycles. The number of nitrogens with one attached hydrogen (secondary N) is 1. The van der Waals surface area contributed by atoms with Gasteiger partial charge in [-0.25, -0.2) is 66.2 Å². The summed E-state index contributed by atoms with van der Waals surface area (Å²) in [6.07, 6.45) is 15.1. The second-order valence-corrected chi connectivity index (χ2v) is 28.6. The van der Waals surface area contributed by atoms with E-state index in [1.54, 1.807) is 48.0 Å². The van der Waals surface area contributed by atoms with Gasteiger partial charge in [0.25, 0.3) is 0 Å². The SMILES string of the molecule is CC(C)(C)OC(=O)N1CCC(c2cnc3cc(Cl)cc(F)c3n2)CC1.Cc1cn2nc(-c3cc(F)c4nc(C5CCN(C(=O)OC(C)(C)C)CC5)cnc4c3)cc(C)c2n1.Cc1cn2nc(-c3cc(F)c4nc(C5CCNCC5)cnc4c3)cc(C)c2n1.Cc1cn2nc(Cl)cc(C)c2n1.Cl. The fourth-order valence-corrected chi connectivity index (χ4v) is 13.0. The van der Waals surface area contributed by atoms with Gasteiger partial charge in [0.2, 0.25) is 0 Å². The Hall–Kier alpha value is -9.30. The minimum atomic E-state index is -0.522. The van der Waals surface area contributed by atoms with Gasteiger partial charge in [-0.1, -0.05) is 23.2 Å². The van der Waals surface area contributed by atoms with E-state index < -0.39 is 22.8 Å². The fourth-order valence-electron chi connectivity index (χ4n) is 12.6. The lowest BCUT2D eigenvalue weighted by molar-refractivity contribution is 0.0193. The van der Waals surface area contributed by atoms with Crippen molar-refractivity contribution >= 4 is 97.8 Å². The Balaban J connectivity index is 0.000000142. The third-order valence-electron chi connectivity index (χ3n) is 17.5. The molecule has 1 N–H and O–H groups in total. The molecule has 15 rings (SSSR count). The summed E-state index contributed by atoms with van der Waals surface area (Å²) in [5, 5.41) is 17.4. The minimum Gasteiger partial charge on any atom is -0.444 e. The number of benzene rings is 3. The number of fused-ring (bicyclic) bond motifs is 6. The molecule has 528 valence electrons. The molecule has 3 saturated heterocycles. The third kappa shape index (κ3) is 17.2. The number of imidazole rings is 3. The second-order valence-electron chi connectivity index (χ2n) is 27.8. The molecule has 3 aliphatic heterocycles. The number of rotatable bonds is 5. The van der Waals surface area contributed by atoms with Crippen LogP contribution < -0.4 is 5.32 Å². The predicted octanol–water partition coefficient (Wildman–Crippen LogP) is 15.7. The summed E-state index contributed by atoms with van der Waals surface area (Å²) >= 11 is 11.6. The second kappa shape index (κ2) is 30.1. The Morgan fingerprint density at radius 2 is 0.812 bits per heavy atom. The molecule has 28 heteroatoms. The molecule has 22 nitrogen and oxygen atoms in total. The molecule has 12 heterocycles. The molecule has 101 heavy (non-hydrogen) atoms. The maximum atomic E-state index is 15.2. The van der Waals surface area contributed by atoms with Crippen LogP contribution in [0.5, 0.6) is 0 Å². The van der Waals surface area contributed by atoms with Crippen molar-refractivity contribution in [1.29, 1.82) is 0 Å². The molecule has 0 bridgehead atoms. The molecule has 0 spiro atoms. The highest BCUT2D eigenvalue weighted by Crippen LogP contribution is 2.34. The number of carbonyl (C=O) groups is 2. The van der Waals surface area contributed by atoms with E-state index in [0.29, 0.717) is 86.9 Å². The van der Waals surface area contributed by atoms with E-state index in [1.165, 1.54) is 18.2 Å². The first-order chi connectivity index (χ1) is 47.5. The van der Waals surface area contributed by atoms with Gasteiger partial charge in [-0.3, -0.25) is 15.0 Å². The van der Waals surface area contributed by atoms with Crippen molar-refractivity contribution in [3.63, 3.8) is 0 Å². The number of amides is 2. The van der Waals surface area contributed by atoms with Crippen LogP contribution in [0.1, 0.15) is 149 Å². The standard InChI is InChI=1S/C26H29FN6O2.C21H21FN6.C18H21ClFN3O2.C8H8ClN3.ClH/c1-15-10-20(31-33-14-16(2)29-24(15)33)18-11-19(27)23-21(12-18)28-13-22(30-23)17-6-8-32(9-7-17)25(34)35-26(3,4)5;1-12-7-17(27-28-11-13(2)25-21(12)28)15-8-16(22)20-18(9-15)24-10-19(26-20)14-3-5-23-6-4-14;1-18(2,3)25-17(24)23-6-4-11(5-7-23)15-10-21-14-9-12(19)8-13(20)16(14)22-15;1-5-3-7(9)11-12-4-6(2)10-8(5)12;/h10-14,17H,6-9H2,1-5H3;7-11,14,23H,3-6H2,1-2H3;8-11H,4-7H2,1-3H3;3-4H,1-2H3;1H. The summed E-state index contributed by atoms with van der Waals surface area (Å²) in [5.74, 6) is -0.667. The van der Waals surface area contributed by atoms with Gasteiger partial charge in [-0.15, -0.1) is 12.4 Å². The van der Waals surface area contributed by atoms with Crippen molar-refractivity contribution in [3.05, 3.63) is 170 Å². The Morgan fingerprint density at radius 1 is 0.465 bits per heavy atom. The Kier molecular flexibility index (Phi) is 21.7. The van der Waals surface area contributed by atoms with Crippen LogP contribution in [0.2, 0.25) is 10.2 Å². The lowest BCUT2D eigenvalue weighted by Gasteiger charge is -2.33. The quantitative estimate of drug-likeness (QED) is 0.168. The monoisotopic (exact) mass is 1430 g/mol. The van der Waals surface area contributed by atoms with E-state index in [1.807, 2.05) is 132 Å². The van der Waals surface area contributed by atoms with Crippen LogP contribution >= 0.6 is 35.6 Å². The Labute approximate surface area is 598 Å². The molecule has 3 fully saturated rings. The summed E-state index contributed by atoms with van der Waals surface area (Å²) in [5.41, 5.74) is 14.5. The molecule has 0 radical (unpaired) electrons. The number of carbonyl (C=O) groups excluding carboxylic acids is 2. The highest BCUT2D eigenvalue weighted by atomic mass is 35.5. The summed E-state index contributed by atoms with van der Waals surface area (Å²) < 4.78 is 60.2. The van der Waals surface area contributed by atoms with E-state index in [0.717, 1.165) is 119 Å². The number of aryl methyl sites for hydroxylation is 6. The van der Waals surface area contributed by atoms with Crippen LogP contribution in [0.25, 0.3) is 72.6 Å². The van der Waals surface area contributed by atoms with Gasteiger partial charge in [0.1, 0.15) is 32.9 Å². The van der Waals surface area contributed by atoms with Crippen molar-refractivity contribution < 1.29 is 32.2 Å². The number of piperidine rings is 3. The van der Waals surface area contributed by atoms with E-state index >= 15 is 4.39 Å². The topological polar surface area (TPSA) is 239 Å². The normalized spacial score (nSPS) is 14.9. The smallest absolute Gasteiger partial charge is 0.410 e.